The lowest BCUT2D eigenvalue weighted by Gasteiger charge is -1.98. The van der Waals surface area contributed by atoms with Crippen LogP contribution in [0.5, 0.6) is 0 Å². The predicted octanol–water partition coefficient (Wildman–Crippen LogP) is 2.69. The predicted molar refractivity (Wildman–Crippen MR) is 43.1 cm³/mol. The highest BCUT2D eigenvalue weighted by Gasteiger charge is 1.86. The molecule has 0 aliphatic carbocycles. The van der Waals surface area contributed by atoms with Gasteiger partial charge >= 0.3 is 0 Å². The zero-order chi connectivity index (χ0) is 6.41. The first-order chi connectivity index (χ1) is 3.77. The zero-order valence-corrected chi connectivity index (χ0v) is 6.91. The molecule has 0 aromatic heterocycles. The van der Waals surface area contributed by atoms with E-state index in [-0.39, 0.29) is 0 Å². The second-order valence-electron chi connectivity index (χ2n) is 2.16. The van der Waals surface area contributed by atoms with Crippen LogP contribution in [0.1, 0.15) is 13.3 Å². The molecule has 0 aliphatic rings. The Labute approximate surface area is 53.7 Å². The third-order valence-corrected chi connectivity index (χ3v) is 2.13. The smallest absolute Gasteiger partial charge is 0.0296 e. The monoisotopic (exact) mass is 130 g/mol. The third kappa shape index (κ3) is 6.17. The summed E-state index contributed by atoms with van der Waals surface area (Å²) < 4.78 is 0. The largest absolute Gasteiger partial charge is 0.113 e. The van der Waals surface area contributed by atoms with E-state index in [0.29, 0.717) is 7.92 Å². The van der Waals surface area contributed by atoms with Gasteiger partial charge in [0.05, 0.1) is 0 Å². The van der Waals surface area contributed by atoms with E-state index in [0.717, 1.165) is 0 Å². The van der Waals surface area contributed by atoms with Crippen LogP contribution in [0.2, 0.25) is 0 Å². The minimum absolute atomic E-state index is 0.337. The Morgan fingerprint density at radius 2 is 2.00 bits per heavy atom. The highest BCUT2D eigenvalue weighted by molar-refractivity contribution is 7.55. The molecule has 0 aromatic rings. The molecule has 0 atom stereocenters. The van der Waals surface area contributed by atoms with Gasteiger partial charge in [-0.25, -0.2) is 0 Å². The summed E-state index contributed by atoms with van der Waals surface area (Å²) in [5.41, 5.74) is 0. The van der Waals surface area contributed by atoms with Gasteiger partial charge in [-0.3, -0.25) is 0 Å². The van der Waals surface area contributed by atoms with Gasteiger partial charge in [-0.1, -0.05) is 12.2 Å². The Morgan fingerprint density at radius 3 is 2.38 bits per heavy atom. The Kier molecular flexibility index (Phi) is 5.42. The van der Waals surface area contributed by atoms with Crippen molar-refractivity contribution in [2.24, 2.45) is 0 Å². The van der Waals surface area contributed by atoms with Crippen LogP contribution < -0.4 is 0 Å². The summed E-state index contributed by atoms with van der Waals surface area (Å²) in [4.78, 5) is 0. The van der Waals surface area contributed by atoms with Crippen molar-refractivity contribution < 1.29 is 0 Å². The van der Waals surface area contributed by atoms with E-state index in [1.54, 1.807) is 0 Å². The lowest BCUT2D eigenvalue weighted by Crippen LogP contribution is -1.75. The Morgan fingerprint density at radius 1 is 1.38 bits per heavy atom. The fourth-order valence-corrected chi connectivity index (χ4v) is 1.16. The molecule has 0 unspecified atom stereocenters. The van der Waals surface area contributed by atoms with Gasteiger partial charge in [-0.05, 0) is 32.8 Å². The molecule has 0 aliphatic heterocycles. The summed E-state index contributed by atoms with van der Waals surface area (Å²) in [5, 5.41) is 0. The van der Waals surface area contributed by atoms with Gasteiger partial charge < -0.3 is 0 Å². The Hall–Kier alpha value is 0.170. The minimum Gasteiger partial charge on any atom is -0.113 e. The van der Waals surface area contributed by atoms with Gasteiger partial charge in [0.2, 0.25) is 0 Å². The van der Waals surface area contributed by atoms with Gasteiger partial charge in [-0.2, -0.15) is 0 Å². The zero-order valence-electron chi connectivity index (χ0n) is 6.02. The first-order valence-electron chi connectivity index (χ1n) is 3.03. The summed E-state index contributed by atoms with van der Waals surface area (Å²) in [7, 11) is 0.337. The molecule has 0 amide bonds. The minimum atomic E-state index is 0.337. The normalized spacial score (nSPS) is 11.5. The number of hydrogen-bond donors (Lipinski definition) is 0. The summed E-state index contributed by atoms with van der Waals surface area (Å²) in [6, 6.07) is 0. The van der Waals surface area contributed by atoms with Crippen LogP contribution in [-0.2, 0) is 0 Å². The fraction of sp³-hybridized carbons (Fsp3) is 0.714. The van der Waals surface area contributed by atoms with Crippen molar-refractivity contribution in [3.8, 4) is 0 Å². The molecule has 0 heterocycles. The van der Waals surface area contributed by atoms with Crippen LogP contribution in [0.25, 0.3) is 0 Å². The van der Waals surface area contributed by atoms with E-state index in [4.69, 9.17) is 0 Å². The highest BCUT2D eigenvalue weighted by atomic mass is 31.1. The molecular formula is C7H15P. The van der Waals surface area contributed by atoms with Crippen LogP contribution >= 0.6 is 7.92 Å². The van der Waals surface area contributed by atoms with Crippen LogP contribution in [0, 0.1) is 0 Å². The number of rotatable bonds is 3. The van der Waals surface area contributed by atoms with Gasteiger partial charge in [0, 0.05) is 0 Å². The Balaban J connectivity index is 2.93. The van der Waals surface area contributed by atoms with Crippen molar-refractivity contribution in [1.82, 2.24) is 0 Å². The molecule has 0 N–H and O–H groups in total. The van der Waals surface area contributed by atoms with Crippen LogP contribution in [0.3, 0.4) is 0 Å². The van der Waals surface area contributed by atoms with Gasteiger partial charge in [0.15, 0.2) is 0 Å². The van der Waals surface area contributed by atoms with Crippen molar-refractivity contribution in [1.29, 1.82) is 0 Å². The summed E-state index contributed by atoms with van der Waals surface area (Å²) in [6.45, 7) is 6.71. The van der Waals surface area contributed by atoms with E-state index in [2.05, 4.69) is 32.4 Å². The van der Waals surface area contributed by atoms with Gasteiger partial charge in [0.25, 0.3) is 0 Å². The van der Waals surface area contributed by atoms with Crippen LogP contribution in [0.15, 0.2) is 12.2 Å². The third-order valence-electron chi connectivity index (χ3n) is 0.979. The van der Waals surface area contributed by atoms with Crippen LogP contribution in [-0.4, -0.2) is 19.5 Å². The maximum atomic E-state index is 2.32. The Bertz CT molecular complexity index is 64.8. The SMILES string of the molecule is CC=CCCP(C)C. The first-order valence-corrected chi connectivity index (χ1v) is 5.45. The molecule has 0 aromatic carbocycles. The van der Waals surface area contributed by atoms with Crippen LogP contribution in [0.4, 0.5) is 0 Å². The second-order valence-corrected chi connectivity index (χ2v) is 4.77. The molecule has 8 heavy (non-hydrogen) atoms. The average Bonchev–Trinajstić information content (AvgIpc) is 1.66. The van der Waals surface area contributed by atoms with E-state index >= 15 is 0 Å². The molecule has 0 spiro atoms. The topological polar surface area (TPSA) is 0 Å². The fourth-order valence-electron chi connectivity index (χ4n) is 0.499. The van der Waals surface area contributed by atoms with Crippen molar-refractivity contribution in [3.05, 3.63) is 12.2 Å². The highest BCUT2D eigenvalue weighted by Crippen LogP contribution is 2.24. The maximum absolute atomic E-state index is 2.32. The number of allylic oxidation sites excluding steroid dienone is 2. The van der Waals surface area contributed by atoms with Gasteiger partial charge in [0.1, 0.15) is 0 Å². The average molecular weight is 130 g/mol. The lowest BCUT2D eigenvalue weighted by atomic mass is 10.4. The molecule has 0 saturated carbocycles. The molecule has 0 nitrogen and oxygen atoms in total. The van der Waals surface area contributed by atoms with E-state index in [1.807, 2.05) is 0 Å². The van der Waals surface area contributed by atoms with Crippen molar-refractivity contribution in [2.75, 3.05) is 19.5 Å². The number of hydrogen-bond acceptors (Lipinski definition) is 0. The van der Waals surface area contributed by atoms with E-state index in [9.17, 15) is 0 Å². The molecule has 0 fully saturated rings. The molecule has 0 saturated heterocycles. The molecule has 0 radical (unpaired) electrons. The molecule has 0 bridgehead atoms. The molecular weight excluding hydrogens is 115 g/mol. The molecule has 0 rings (SSSR count). The van der Waals surface area contributed by atoms with Crippen molar-refractivity contribution in [2.45, 2.75) is 13.3 Å². The summed E-state index contributed by atoms with van der Waals surface area (Å²) >= 11 is 0. The second kappa shape index (κ2) is 5.31. The standard InChI is InChI=1S/C7H15P/c1-4-5-6-7-8(2)3/h4-5H,6-7H2,1-3H3. The first kappa shape index (κ1) is 8.17. The van der Waals surface area contributed by atoms with E-state index < -0.39 is 0 Å². The molecule has 1 heteroatoms. The van der Waals surface area contributed by atoms with Crippen molar-refractivity contribution in [3.63, 3.8) is 0 Å². The molecule has 48 valence electrons. The summed E-state index contributed by atoms with van der Waals surface area (Å²) in [5.74, 6) is 0. The van der Waals surface area contributed by atoms with Gasteiger partial charge in [-0.15, -0.1) is 7.92 Å². The summed E-state index contributed by atoms with van der Waals surface area (Å²) in [6.07, 6.45) is 7.02. The van der Waals surface area contributed by atoms with Crippen molar-refractivity contribution >= 4 is 7.92 Å². The quantitative estimate of drug-likeness (QED) is 0.407. The van der Waals surface area contributed by atoms with E-state index in [1.165, 1.54) is 12.6 Å². The lowest BCUT2D eigenvalue weighted by molar-refractivity contribution is 1.22. The maximum Gasteiger partial charge on any atom is -0.0296 e.